The van der Waals surface area contributed by atoms with Gasteiger partial charge in [0.2, 0.25) is 5.82 Å². The summed E-state index contributed by atoms with van der Waals surface area (Å²) in [6.45, 7) is 1.31. The largest absolute Gasteiger partial charge is 0.439 e. The van der Waals surface area contributed by atoms with E-state index in [4.69, 9.17) is 20.9 Å². The normalized spacial score (nSPS) is 10.4. The lowest BCUT2D eigenvalue weighted by atomic mass is 10.2. The van der Waals surface area contributed by atoms with Crippen LogP contribution in [0.4, 0.5) is 11.4 Å². The predicted octanol–water partition coefficient (Wildman–Crippen LogP) is 3.62. The number of nitrogens with one attached hydrogen (secondary N) is 1. The molecule has 1 N–H and O–H groups in total. The second-order valence-electron chi connectivity index (χ2n) is 5.46. The van der Waals surface area contributed by atoms with Crippen molar-refractivity contribution < 1.29 is 19.0 Å². The number of benzene rings is 2. The fourth-order valence-corrected chi connectivity index (χ4v) is 2.41. The van der Waals surface area contributed by atoms with Gasteiger partial charge < -0.3 is 10.1 Å². The zero-order valence-corrected chi connectivity index (χ0v) is 14.8. The molecule has 0 aliphatic rings. The van der Waals surface area contributed by atoms with E-state index in [1.54, 1.807) is 37.3 Å². The van der Waals surface area contributed by atoms with Crippen LogP contribution in [-0.4, -0.2) is 27.6 Å². The number of anilines is 1. The Kier molecular flexibility index (Phi) is 5.32. The lowest BCUT2D eigenvalue weighted by molar-refractivity contribution is -0.384. The third-order valence-corrected chi connectivity index (χ3v) is 3.88. The minimum atomic E-state index is -0.541. The number of carbonyl (C=O) groups is 1. The van der Waals surface area contributed by atoms with Crippen LogP contribution in [0.2, 0.25) is 5.02 Å². The molecule has 27 heavy (non-hydrogen) atoms. The first kappa shape index (κ1) is 18.3. The molecule has 9 nitrogen and oxygen atoms in total. The number of amides is 1. The highest BCUT2D eigenvalue weighted by Crippen LogP contribution is 2.26. The maximum Gasteiger partial charge on any atom is 0.418 e. The standard InChI is InChI=1S/C17H13ClN4O5/c1-10-6-7-11(22(24)25)8-14(10)19-15(23)9-26-17-20-16(21-27-17)12-4-2-3-5-13(12)18/h2-8H,9H2,1H3,(H,19,23). The van der Waals surface area contributed by atoms with Gasteiger partial charge in [-0.05, 0) is 24.6 Å². The van der Waals surface area contributed by atoms with E-state index in [0.29, 0.717) is 21.8 Å². The number of halogens is 1. The van der Waals surface area contributed by atoms with Crippen LogP contribution in [0.15, 0.2) is 47.0 Å². The molecule has 0 radical (unpaired) electrons. The molecule has 0 saturated heterocycles. The van der Waals surface area contributed by atoms with E-state index in [1.807, 2.05) is 0 Å². The molecule has 3 aromatic rings. The molecular weight excluding hydrogens is 376 g/mol. The number of nitrogens with zero attached hydrogens (tertiary/aromatic N) is 3. The Morgan fingerprint density at radius 2 is 2.11 bits per heavy atom. The molecule has 1 aromatic heterocycles. The fraction of sp³-hybridized carbons (Fsp3) is 0.118. The third kappa shape index (κ3) is 4.39. The summed E-state index contributed by atoms with van der Waals surface area (Å²) in [5, 5.41) is 17.6. The summed E-state index contributed by atoms with van der Waals surface area (Å²) in [6, 6.07) is 11.1. The van der Waals surface area contributed by atoms with E-state index in [-0.39, 0.29) is 17.6 Å². The van der Waals surface area contributed by atoms with Crippen LogP contribution in [0.25, 0.3) is 11.4 Å². The number of ether oxygens (including phenoxy) is 1. The van der Waals surface area contributed by atoms with Gasteiger partial charge in [0.15, 0.2) is 6.61 Å². The third-order valence-electron chi connectivity index (χ3n) is 3.55. The zero-order valence-electron chi connectivity index (χ0n) is 14.0. The highest BCUT2D eigenvalue weighted by molar-refractivity contribution is 6.33. The van der Waals surface area contributed by atoms with E-state index < -0.39 is 17.4 Å². The Morgan fingerprint density at radius 3 is 2.85 bits per heavy atom. The van der Waals surface area contributed by atoms with Gasteiger partial charge >= 0.3 is 6.08 Å². The minimum absolute atomic E-state index is 0.127. The SMILES string of the molecule is Cc1ccc([N+](=O)[O-])cc1NC(=O)COc1nc(-c2ccccc2Cl)no1. The summed E-state index contributed by atoms with van der Waals surface area (Å²) < 4.78 is 10.1. The number of nitro groups is 1. The molecule has 1 heterocycles. The topological polar surface area (TPSA) is 120 Å². The van der Waals surface area contributed by atoms with Crippen LogP contribution in [0.1, 0.15) is 5.56 Å². The molecular formula is C17H13ClN4O5. The lowest BCUT2D eigenvalue weighted by Crippen LogP contribution is -2.20. The molecule has 138 valence electrons. The number of carbonyl (C=O) groups excluding carboxylic acids is 1. The molecule has 0 saturated carbocycles. The predicted molar refractivity (Wildman–Crippen MR) is 96.7 cm³/mol. The molecule has 0 aliphatic heterocycles. The monoisotopic (exact) mass is 388 g/mol. The Bertz CT molecular complexity index is 1000. The number of rotatable bonds is 6. The summed E-state index contributed by atoms with van der Waals surface area (Å²) >= 11 is 6.06. The maximum absolute atomic E-state index is 12.0. The van der Waals surface area contributed by atoms with E-state index >= 15 is 0 Å². The van der Waals surface area contributed by atoms with Gasteiger partial charge in [-0.2, -0.15) is 4.98 Å². The molecule has 1 amide bonds. The Labute approximate surface area is 158 Å². The molecule has 10 heteroatoms. The van der Waals surface area contributed by atoms with Crippen molar-refractivity contribution in [3.63, 3.8) is 0 Å². The van der Waals surface area contributed by atoms with Crippen molar-refractivity contribution >= 4 is 28.9 Å². The maximum atomic E-state index is 12.0. The van der Waals surface area contributed by atoms with E-state index in [1.165, 1.54) is 12.1 Å². The second kappa shape index (κ2) is 7.83. The number of aryl methyl sites for hydroxylation is 1. The van der Waals surface area contributed by atoms with Crippen molar-refractivity contribution in [1.82, 2.24) is 10.1 Å². The summed E-state index contributed by atoms with van der Waals surface area (Å²) in [5.41, 5.74) is 1.43. The van der Waals surface area contributed by atoms with E-state index in [9.17, 15) is 14.9 Å². The van der Waals surface area contributed by atoms with Crippen molar-refractivity contribution in [3.05, 3.63) is 63.2 Å². The van der Waals surface area contributed by atoms with Crippen LogP contribution in [0.3, 0.4) is 0 Å². The molecule has 0 spiro atoms. The highest BCUT2D eigenvalue weighted by atomic mass is 35.5. The van der Waals surface area contributed by atoms with Gasteiger partial charge in [-0.3, -0.25) is 19.4 Å². The van der Waals surface area contributed by atoms with Crippen molar-refractivity contribution in [2.75, 3.05) is 11.9 Å². The Balaban J connectivity index is 1.63. The average molecular weight is 389 g/mol. The first-order valence-electron chi connectivity index (χ1n) is 7.70. The van der Waals surface area contributed by atoms with Crippen LogP contribution < -0.4 is 10.1 Å². The van der Waals surface area contributed by atoms with Gasteiger partial charge in [0, 0.05) is 17.7 Å². The molecule has 0 atom stereocenters. The van der Waals surface area contributed by atoms with Crippen LogP contribution in [0, 0.1) is 17.0 Å². The van der Waals surface area contributed by atoms with Gasteiger partial charge in [-0.1, -0.05) is 35.0 Å². The zero-order chi connectivity index (χ0) is 19.4. The minimum Gasteiger partial charge on any atom is -0.439 e. The molecule has 0 unspecified atom stereocenters. The van der Waals surface area contributed by atoms with Crippen molar-refractivity contribution in [1.29, 1.82) is 0 Å². The highest BCUT2D eigenvalue weighted by Gasteiger charge is 2.15. The van der Waals surface area contributed by atoms with Gasteiger partial charge in [0.25, 0.3) is 11.6 Å². The van der Waals surface area contributed by atoms with E-state index in [0.717, 1.165) is 0 Å². The van der Waals surface area contributed by atoms with Crippen LogP contribution >= 0.6 is 11.6 Å². The summed E-state index contributed by atoms with van der Waals surface area (Å²) in [7, 11) is 0. The smallest absolute Gasteiger partial charge is 0.418 e. The van der Waals surface area contributed by atoms with Crippen LogP contribution in [-0.2, 0) is 4.79 Å². The molecule has 0 bridgehead atoms. The number of nitro benzene ring substituents is 1. The number of hydrogen-bond acceptors (Lipinski definition) is 7. The van der Waals surface area contributed by atoms with Crippen LogP contribution in [0.5, 0.6) is 6.08 Å². The number of hydrogen-bond donors (Lipinski definition) is 1. The van der Waals surface area contributed by atoms with E-state index in [2.05, 4.69) is 15.5 Å². The van der Waals surface area contributed by atoms with Gasteiger partial charge in [-0.25, -0.2) is 0 Å². The quantitative estimate of drug-likeness (QED) is 0.505. The Hall–Kier alpha value is -3.46. The lowest BCUT2D eigenvalue weighted by Gasteiger charge is -2.07. The summed E-state index contributed by atoms with van der Waals surface area (Å²) in [6.07, 6.45) is -0.198. The van der Waals surface area contributed by atoms with Gasteiger partial charge in [-0.15, -0.1) is 0 Å². The first-order valence-corrected chi connectivity index (χ1v) is 8.08. The average Bonchev–Trinajstić information content (AvgIpc) is 3.11. The van der Waals surface area contributed by atoms with Gasteiger partial charge in [0.05, 0.1) is 15.6 Å². The molecule has 2 aromatic carbocycles. The summed E-state index contributed by atoms with van der Waals surface area (Å²) in [4.78, 5) is 26.3. The van der Waals surface area contributed by atoms with Crippen molar-refractivity contribution in [2.24, 2.45) is 0 Å². The fourth-order valence-electron chi connectivity index (χ4n) is 2.19. The van der Waals surface area contributed by atoms with Crippen molar-refractivity contribution in [3.8, 4) is 17.5 Å². The molecule has 3 rings (SSSR count). The number of aromatic nitrogens is 2. The Morgan fingerprint density at radius 1 is 1.33 bits per heavy atom. The summed E-state index contributed by atoms with van der Waals surface area (Å²) in [5.74, 6) is -0.304. The number of non-ortho nitro benzene ring substituents is 1. The molecule has 0 fully saturated rings. The first-order chi connectivity index (χ1) is 12.9. The molecule has 0 aliphatic carbocycles. The second-order valence-corrected chi connectivity index (χ2v) is 5.86. The van der Waals surface area contributed by atoms with Gasteiger partial charge in [0.1, 0.15) is 0 Å². The van der Waals surface area contributed by atoms with Crippen molar-refractivity contribution in [2.45, 2.75) is 6.92 Å².